The zero-order chi connectivity index (χ0) is 26.2. The molecular formula is C27H26N8O3. The first kappa shape index (κ1) is 23.6. The van der Waals surface area contributed by atoms with Crippen LogP contribution < -0.4 is 9.64 Å². The SMILES string of the molecule is CCOc1ccc(-n2nnc3c(N4CCN(C(=O)C(=O)c5c(C)[nH]c6ccccc56)CC4)ncnc32)cc1. The third kappa shape index (κ3) is 4.01. The summed E-state index contributed by atoms with van der Waals surface area (Å²) in [5.41, 5.74) is 3.95. The number of hydrogen-bond donors (Lipinski definition) is 1. The van der Waals surface area contributed by atoms with Gasteiger partial charge in [0.25, 0.3) is 11.7 Å². The standard InChI is InChI=1S/C27H26N8O3/c1-3-38-19-10-8-18(9-11-19)35-26-23(31-32-35)25(28-16-29-26)33-12-14-34(15-13-33)27(37)24(36)22-17(2)30-21-7-5-4-6-20(21)22/h4-11,16,30H,3,12-15H2,1-2H3. The van der Waals surface area contributed by atoms with Gasteiger partial charge in [-0.05, 0) is 44.2 Å². The van der Waals surface area contributed by atoms with Gasteiger partial charge in [0.05, 0.1) is 17.9 Å². The number of ether oxygens (including phenoxy) is 1. The van der Waals surface area contributed by atoms with Gasteiger partial charge in [-0.25, -0.2) is 9.97 Å². The lowest BCUT2D eigenvalue weighted by atomic mass is 10.1. The number of amides is 1. The molecule has 0 atom stereocenters. The fourth-order valence-electron chi connectivity index (χ4n) is 4.93. The molecule has 1 amide bonds. The molecule has 6 rings (SSSR count). The molecule has 5 aromatic rings. The number of carbonyl (C=O) groups excluding carboxylic acids is 2. The minimum atomic E-state index is -0.494. The molecule has 1 fully saturated rings. The van der Waals surface area contributed by atoms with E-state index in [1.165, 1.54) is 6.33 Å². The molecule has 1 aliphatic heterocycles. The van der Waals surface area contributed by atoms with Crippen molar-refractivity contribution in [2.24, 2.45) is 0 Å². The summed E-state index contributed by atoms with van der Waals surface area (Å²) in [5, 5.41) is 9.43. The molecule has 0 bridgehead atoms. The van der Waals surface area contributed by atoms with Crippen molar-refractivity contribution in [2.75, 3.05) is 37.7 Å². The number of fused-ring (bicyclic) bond motifs is 2. The number of aryl methyl sites for hydroxylation is 1. The highest BCUT2D eigenvalue weighted by molar-refractivity contribution is 6.45. The number of ketones is 1. The molecule has 0 radical (unpaired) electrons. The molecule has 0 aliphatic carbocycles. The lowest BCUT2D eigenvalue weighted by Gasteiger charge is -2.34. The summed E-state index contributed by atoms with van der Waals surface area (Å²) in [7, 11) is 0. The molecule has 38 heavy (non-hydrogen) atoms. The Morgan fingerprint density at radius 1 is 1.00 bits per heavy atom. The molecule has 1 aliphatic rings. The van der Waals surface area contributed by atoms with Gasteiger partial charge in [-0.3, -0.25) is 9.59 Å². The van der Waals surface area contributed by atoms with Gasteiger partial charge in [-0.15, -0.1) is 5.10 Å². The zero-order valence-corrected chi connectivity index (χ0v) is 21.1. The molecule has 2 aromatic carbocycles. The summed E-state index contributed by atoms with van der Waals surface area (Å²) < 4.78 is 7.19. The third-order valence-electron chi connectivity index (χ3n) is 6.79. The van der Waals surface area contributed by atoms with Crippen molar-refractivity contribution in [3.05, 3.63) is 66.1 Å². The van der Waals surface area contributed by atoms with E-state index in [4.69, 9.17) is 4.74 Å². The van der Waals surface area contributed by atoms with Gasteiger partial charge >= 0.3 is 0 Å². The second kappa shape index (κ2) is 9.58. The van der Waals surface area contributed by atoms with Crippen molar-refractivity contribution >= 4 is 39.6 Å². The fourth-order valence-corrected chi connectivity index (χ4v) is 4.93. The molecule has 11 heteroatoms. The Kier molecular flexibility index (Phi) is 5.95. The number of anilines is 1. The monoisotopic (exact) mass is 510 g/mol. The van der Waals surface area contributed by atoms with Crippen molar-refractivity contribution in [3.8, 4) is 11.4 Å². The minimum absolute atomic E-state index is 0.393. The number of aromatic amines is 1. The Hall–Kier alpha value is -4.80. The van der Waals surface area contributed by atoms with Crippen LogP contribution >= 0.6 is 0 Å². The van der Waals surface area contributed by atoms with Crippen LogP contribution in [0.5, 0.6) is 5.75 Å². The average Bonchev–Trinajstić information content (AvgIpc) is 3.53. The summed E-state index contributed by atoms with van der Waals surface area (Å²) in [5.74, 6) is 0.447. The highest BCUT2D eigenvalue weighted by Gasteiger charge is 2.30. The number of carbonyl (C=O) groups is 2. The maximum Gasteiger partial charge on any atom is 0.295 e. The third-order valence-corrected chi connectivity index (χ3v) is 6.79. The topological polar surface area (TPSA) is 122 Å². The predicted molar refractivity (Wildman–Crippen MR) is 142 cm³/mol. The van der Waals surface area contributed by atoms with Crippen molar-refractivity contribution in [2.45, 2.75) is 13.8 Å². The number of Topliss-reactive ketones (excluding diaryl/α,β-unsaturated/α-hetero) is 1. The number of piperazine rings is 1. The predicted octanol–water partition coefficient (Wildman–Crippen LogP) is 2.93. The molecule has 11 nitrogen and oxygen atoms in total. The largest absolute Gasteiger partial charge is 0.494 e. The van der Waals surface area contributed by atoms with Crippen molar-refractivity contribution in [1.82, 2.24) is 34.8 Å². The summed E-state index contributed by atoms with van der Waals surface area (Å²) in [4.78, 5) is 42.1. The van der Waals surface area contributed by atoms with Crippen molar-refractivity contribution < 1.29 is 14.3 Å². The number of aromatic nitrogens is 6. The smallest absolute Gasteiger partial charge is 0.295 e. The van der Waals surface area contributed by atoms with E-state index in [0.717, 1.165) is 22.3 Å². The number of para-hydroxylation sites is 1. The van der Waals surface area contributed by atoms with Crippen LogP contribution in [0.3, 0.4) is 0 Å². The van der Waals surface area contributed by atoms with E-state index in [9.17, 15) is 9.59 Å². The molecule has 1 N–H and O–H groups in total. The summed E-state index contributed by atoms with van der Waals surface area (Å²) >= 11 is 0. The van der Waals surface area contributed by atoms with E-state index in [1.807, 2.05) is 67.3 Å². The lowest BCUT2D eigenvalue weighted by Crippen LogP contribution is -2.51. The summed E-state index contributed by atoms with van der Waals surface area (Å²) in [6.07, 6.45) is 1.49. The quantitative estimate of drug-likeness (QED) is 0.273. The van der Waals surface area contributed by atoms with Gasteiger partial charge in [0.15, 0.2) is 17.0 Å². The maximum atomic E-state index is 13.2. The Labute approximate surface area is 218 Å². The van der Waals surface area contributed by atoms with E-state index < -0.39 is 11.7 Å². The minimum Gasteiger partial charge on any atom is -0.494 e. The van der Waals surface area contributed by atoms with Gasteiger partial charge in [-0.2, -0.15) is 4.68 Å². The van der Waals surface area contributed by atoms with Crippen molar-refractivity contribution in [1.29, 1.82) is 0 Å². The van der Waals surface area contributed by atoms with Crippen LogP contribution in [0, 0.1) is 6.92 Å². The second-order valence-corrected chi connectivity index (χ2v) is 9.08. The normalized spacial score (nSPS) is 13.8. The van der Waals surface area contributed by atoms with Gasteiger partial charge in [0.1, 0.15) is 12.1 Å². The Balaban J connectivity index is 1.19. The number of nitrogens with zero attached hydrogens (tertiary/aromatic N) is 7. The second-order valence-electron chi connectivity index (χ2n) is 9.08. The Bertz CT molecular complexity index is 1650. The molecule has 1 saturated heterocycles. The fraction of sp³-hybridized carbons (Fsp3) is 0.259. The molecule has 4 heterocycles. The highest BCUT2D eigenvalue weighted by Crippen LogP contribution is 2.26. The number of rotatable bonds is 6. The van der Waals surface area contributed by atoms with Crippen LogP contribution in [0.15, 0.2) is 54.9 Å². The Morgan fingerprint density at radius 3 is 2.53 bits per heavy atom. The molecule has 0 unspecified atom stereocenters. The van der Waals surface area contributed by atoms with Gasteiger partial charge in [0, 0.05) is 42.8 Å². The first-order valence-corrected chi connectivity index (χ1v) is 12.5. The van der Waals surface area contributed by atoms with E-state index in [0.29, 0.717) is 61.0 Å². The first-order valence-electron chi connectivity index (χ1n) is 12.5. The summed E-state index contributed by atoms with van der Waals surface area (Å²) in [6.45, 7) is 6.16. The van der Waals surface area contributed by atoms with Gasteiger partial charge in [0.2, 0.25) is 0 Å². The van der Waals surface area contributed by atoms with E-state index in [2.05, 4.69) is 25.3 Å². The summed E-state index contributed by atoms with van der Waals surface area (Å²) in [6, 6.07) is 15.1. The number of H-pyrrole nitrogens is 1. The maximum absolute atomic E-state index is 13.2. The zero-order valence-electron chi connectivity index (χ0n) is 21.1. The van der Waals surface area contributed by atoms with Gasteiger partial charge in [-0.1, -0.05) is 23.4 Å². The molecule has 0 spiro atoms. The van der Waals surface area contributed by atoms with Crippen LogP contribution in [0.1, 0.15) is 23.0 Å². The van der Waals surface area contributed by atoms with E-state index >= 15 is 0 Å². The van der Waals surface area contributed by atoms with Crippen molar-refractivity contribution in [3.63, 3.8) is 0 Å². The van der Waals surface area contributed by atoms with Crippen LogP contribution in [0.2, 0.25) is 0 Å². The lowest BCUT2D eigenvalue weighted by molar-refractivity contribution is -0.126. The highest BCUT2D eigenvalue weighted by atomic mass is 16.5. The molecule has 3 aromatic heterocycles. The number of hydrogen-bond acceptors (Lipinski definition) is 8. The Morgan fingerprint density at radius 2 is 1.76 bits per heavy atom. The van der Waals surface area contributed by atoms with Crippen LogP contribution in [-0.4, -0.2) is 79.3 Å². The van der Waals surface area contributed by atoms with E-state index in [-0.39, 0.29) is 0 Å². The van der Waals surface area contributed by atoms with Crippen LogP contribution in [0.25, 0.3) is 27.8 Å². The average molecular weight is 511 g/mol. The van der Waals surface area contributed by atoms with Crippen LogP contribution in [-0.2, 0) is 4.79 Å². The molecule has 192 valence electrons. The number of benzene rings is 2. The van der Waals surface area contributed by atoms with Gasteiger partial charge < -0.3 is 19.5 Å². The number of nitrogens with one attached hydrogen (secondary N) is 1. The van der Waals surface area contributed by atoms with Crippen LogP contribution in [0.4, 0.5) is 5.82 Å². The molecule has 0 saturated carbocycles. The molecular weight excluding hydrogens is 484 g/mol. The first-order chi connectivity index (χ1) is 18.5. The van der Waals surface area contributed by atoms with E-state index in [1.54, 1.807) is 9.58 Å².